The van der Waals surface area contributed by atoms with Gasteiger partial charge in [-0.15, -0.1) is 0 Å². The second kappa shape index (κ2) is 6.99. The van der Waals surface area contributed by atoms with E-state index in [1.54, 1.807) is 19.2 Å². The lowest BCUT2D eigenvalue weighted by Crippen LogP contribution is -2.50. The molecule has 3 rings (SSSR count). The molecule has 1 aromatic rings. The van der Waals surface area contributed by atoms with E-state index in [9.17, 15) is 10.1 Å². The Hall–Kier alpha value is -2.78. The predicted molar refractivity (Wildman–Crippen MR) is 95.5 cm³/mol. The number of nitriles is 1. The Morgan fingerprint density at radius 2 is 2.16 bits per heavy atom. The van der Waals surface area contributed by atoms with Gasteiger partial charge < -0.3 is 15.5 Å². The quantitative estimate of drug-likeness (QED) is 0.906. The van der Waals surface area contributed by atoms with E-state index in [1.165, 1.54) is 4.90 Å². The van der Waals surface area contributed by atoms with Crippen LogP contribution in [0, 0.1) is 11.3 Å². The van der Waals surface area contributed by atoms with Gasteiger partial charge in [-0.2, -0.15) is 5.26 Å². The van der Waals surface area contributed by atoms with Gasteiger partial charge in [0.2, 0.25) is 0 Å². The molecule has 2 N–H and O–H groups in total. The number of nitrogens with zero attached hydrogens (tertiary/aromatic N) is 4. The summed E-state index contributed by atoms with van der Waals surface area (Å²) in [4.78, 5) is 18.0. The molecule has 0 saturated carbocycles. The third-order valence-corrected chi connectivity index (χ3v) is 4.81. The largest absolute Gasteiger partial charge is 0.356 e. The molecule has 1 aromatic carbocycles. The standard InChI is InChI=1S/C19H23N5O/c1-14-22(2)19(25)10-18(23-9-5-8-17(21)13-23)24(14)12-16-7-4-3-6-15(16)11-20/h3-4,6-7,10,17H,1,5,8-9,12-13,21H2,2H3/t17-/m1/s1. The number of likely N-dealkylation sites (tertiary alicyclic amines) is 1. The maximum atomic E-state index is 12.3. The van der Waals surface area contributed by atoms with Crippen LogP contribution in [0.5, 0.6) is 0 Å². The molecule has 0 radical (unpaired) electrons. The van der Waals surface area contributed by atoms with Crippen molar-refractivity contribution in [3.05, 3.63) is 59.7 Å². The van der Waals surface area contributed by atoms with Gasteiger partial charge in [-0.1, -0.05) is 24.8 Å². The molecule has 6 nitrogen and oxygen atoms in total. The monoisotopic (exact) mass is 337 g/mol. The van der Waals surface area contributed by atoms with Crippen LogP contribution in [0.4, 0.5) is 0 Å². The van der Waals surface area contributed by atoms with Crippen LogP contribution < -0.4 is 5.73 Å². The molecule has 2 aliphatic heterocycles. The Bertz CT molecular complexity index is 763. The number of hydrogen-bond acceptors (Lipinski definition) is 5. The molecule has 1 saturated heterocycles. The van der Waals surface area contributed by atoms with Gasteiger partial charge in [0.1, 0.15) is 11.6 Å². The zero-order valence-electron chi connectivity index (χ0n) is 14.5. The lowest BCUT2D eigenvalue weighted by molar-refractivity contribution is -0.125. The van der Waals surface area contributed by atoms with Crippen molar-refractivity contribution in [2.24, 2.45) is 5.73 Å². The smallest absolute Gasteiger partial charge is 0.255 e. The molecule has 6 heteroatoms. The Morgan fingerprint density at radius 3 is 2.88 bits per heavy atom. The van der Waals surface area contributed by atoms with Gasteiger partial charge >= 0.3 is 0 Å². The predicted octanol–water partition coefficient (Wildman–Crippen LogP) is 1.57. The minimum absolute atomic E-state index is 0.0936. The summed E-state index contributed by atoms with van der Waals surface area (Å²) in [5.74, 6) is 1.33. The molecule has 2 heterocycles. The fraction of sp³-hybridized carbons (Fsp3) is 0.368. The van der Waals surface area contributed by atoms with Crippen LogP contribution in [0.2, 0.25) is 0 Å². The van der Waals surface area contributed by atoms with E-state index in [4.69, 9.17) is 5.73 Å². The van der Waals surface area contributed by atoms with Crippen molar-refractivity contribution in [3.8, 4) is 6.07 Å². The molecule has 1 fully saturated rings. The summed E-state index contributed by atoms with van der Waals surface area (Å²) in [6.07, 6.45) is 3.63. The molecule has 130 valence electrons. The van der Waals surface area contributed by atoms with Crippen LogP contribution in [-0.2, 0) is 11.3 Å². The van der Waals surface area contributed by atoms with Gasteiger partial charge in [0.05, 0.1) is 18.2 Å². The van der Waals surface area contributed by atoms with E-state index in [-0.39, 0.29) is 11.9 Å². The molecule has 0 unspecified atom stereocenters. The first-order valence-corrected chi connectivity index (χ1v) is 8.45. The number of carbonyl (C=O) groups is 1. The molecule has 2 aliphatic rings. The van der Waals surface area contributed by atoms with Gasteiger partial charge in [0, 0.05) is 32.3 Å². The molecular formula is C19H23N5O. The van der Waals surface area contributed by atoms with E-state index in [1.807, 2.05) is 23.1 Å². The Kier molecular flexibility index (Phi) is 4.77. The number of likely N-dealkylation sites (N-methyl/N-ethyl adjacent to an activating group) is 1. The second-order valence-corrected chi connectivity index (χ2v) is 6.52. The lowest BCUT2D eigenvalue weighted by atomic mass is 10.1. The summed E-state index contributed by atoms with van der Waals surface area (Å²) in [6.45, 7) is 6.15. The molecule has 0 bridgehead atoms. The highest BCUT2D eigenvalue weighted by molar-refractivity contribution is 5.90. The molecule has 0 aliphatic carbocycles. The highest BCUT2D eigenvalue weighted by atomic mass is 16.2. The van der Waals surface area contributed by atoms with E-state index in [0.29, 0.717) is 24.5 Å². The second-order valence-electron chi connectivity index (χ2n) is 6.52. The number of piperidine rings is 1. The fourth-order valence-electron chi connectivity index (χ4n) is 3.32. The van der Waals surface area contributed by atoms with Crippen molar-refractivity contribution in [1.82, 2.24) is 14.7 Å². The van der Waals surface area contributed by atoms with Crippen molar-refractivity contribution >= 4 is 5.91 Å². The minimum atomic E-state index is -0.0936. The summed E-state index contributed by atoms with van der Waals surface area (Å²) >= 11 is 0. The summed E-state index contributed by atoms with van der Waals surface area (Å²) in [5.41, 5.74) is 7.66. The number of amides is 1. The first-order valence-electron chi connectivity index (χ1n) is 8.45. The number of benzene rings is 1. The molecule has 1 atom stereocenters. The molecular weight excluding hydrogens is 314 g/mol. The fourth-order valence-corrected chi connectivity index (χ4v) is 3.32. The lowest BCUT2D eigenvalue weighted by Gasteiger charge is -2.44. The summed E-state index contributed by atoms with van der Waals surface area (Å²) in [6, 6.07) is 9.83. The van der Waals surface area contributed by atoms with Gasteiger partial charge in [0.15, 0.2) is 0 Å². The summed E-state index contributed by atoms with van der Waals surface area (Å²) < 4.78 is 0. The molecule has 0 spiro atoms. The van der Waals surface area contributed by atoms with E-state index < -0.39 is 0 Å². The van der Waals surface area contributed by atoms with Gasteiger partial charge in [-0.3, -0.25) is 9.69 Å². The van der Waals surface area contributed by atoms with Crippen LogP contribution in [0.25, 0.3) is 0 Å². The average molecular weight is 337 g/mol. The number of nitrogens with two attached hydrogens (primary N) is 1. The van der Waals surface area contributed by atoms with Crippen LogP contribution in [-0.4, -0.2) is 46.8 Å². The van der Waals surface area contributed by atoms with Crippen molar-refractivity contribution in [2.45, 2.75) is 25.4 Å². The SMILES string of the molecule is C=C1N(C)C(=O)C=C(N2CCC[C@@H](N)C2)N1Cc1ccccc1C#N. The maximum absolute atomic E-state index is 12.3. The zero-order chi connectivity index (χ0) is 18.0. The van der Waals surface area contributed by atoms with E-state index in [2.05, 4.69) is 17.5 Å². The van der Waals surface area contributed by atoms with E-state index in [0.717, 1.165) is 30.8 Å². The molecule has 0 aromatic heterocycles. The Morgan fingerprint density at radius 1 is 1.40 bits per heavy atom. The van der Waals surface area contributed by atoms with E-state index >= 15 is 0 Å². The number of rotatable bonds is 3. The number of carbonyl (C=O) groups excluding carboxylic acids is 1. The third-order valence-electron chi connectivity index (χ3n) is 4.81. The Labute approximate surface area is 148 Å². The minimum Gasteiger partial charge on any atom is -0.356 e. The first kappa shape index (κ1) is 17.1. The highest BCUT2D eigenvalue weighted by Crippen LogP contribution is 2.28. The van der Waals surface area contributed by atoms with Gasteiger partial charge in [-0.25, -0.2) is 0 Å². The van der Waals surface area contributed by atoms with Crippen molar-refractivity contribution in [3.63, 3.8) is 0 Å². The zero-order valence-corrected chi connectivity index (χ0v) is 14.5. The highest BCUT2D eigenvalue weighted by Gasteiger charge is 2.31. The normalized spacial score (nSPS) is 21.2. The van der Waals surface area contributed by atoms with Crippen molar-refractivity contribution < 1.29 is 4.79 Å². The molecule has 1 amide bonds. The summed E-state index contributed by atoms with van der Waals surface area (Å²) in [5, 5.41) is 9.36. The number of hydrogen-bond donors (Lipinski definition) is 1. The topological polar surface area (TPSA) is 76.6 Å². The van der Waals surface area contributed by atoms with Crippen LogP contribution in [0.15, 0.2) is 48.6 Å². The van der Waals surface area contributed by atoms with Crippen LogP contribution >= 0.6 is 0 Å². The van der Waals surface area contributed by atoms with Crippen LogP contribution in [0.1, 0.15) is 24.0 Å². The van der Waals surface area contributed by atoms with Crippen molar-refractivity contribution in [1.29, 1.82) is 5.26 Å². The Balaban J connectivity index is 1.95. The maximum Gasteiger partial charge on any atom is 0.255 e. The summed E-state index contributed by atoms with van der Waals surface area (Å²) in [7, 11) is 1.71. The van der Waals surface area contributed by atoms with Gasteiger partial charge in [0.25, 0.3) is 5.91 Å². The molecule has 25 heavy (non-hydrogen) atoms. The third kappa shape index (κ3) is 3.37. The first-order chi connectivity index (χ1) is 12.0. The van der Waals surface area contributed by atoms with Gasteiger partial charge in [-0.05, 0) is 24.5 Å². The average Bonchev–Trinajstić information content (AvgIpc) is 2.62. The van der Waals surface area contributed by atoms with Crippen LogP contribution in [0.3, 0.4) is 0 Å². The van der Waals surface area contributed by atoms with Crippen molar-refractivity contribution in [2.75, 3.05) is 20.1 Å².